The van der Waals surface area contributed by atoms with Crippen LogP contribution in [0.2, 0.25) is 0 Å². The van der Waals surface area contributed by atoms with E-state index in [0.717, 1.165) is 16.9 Å². The van der Waals surface area contributed by atoms with E-state index >= 15 is 0 Å². The first-order valence-electron chi connectivity index (χ1n) is 5.04. The molecule has 1 aromatic heterocycles. The Labute approximate surface area is 98.3 Å². The molecule has 0 saturated heterocycles. The third kappa shape index (κ3) is 2.43. The van der Waals surface area contributed by atoms with Crippen molar-refractivity contribution < 1.29 is 14.1 Å². The van der Waals surface area contributed by atoms with Gasteiger partial charge in [0, 0.05) is 5.56 Å². The summed E-state index contributed by atoms with van der Waals surface area (Å²) in [5.74, 6) is 6.59. The largest absolute Gasteiger partial charge is 0.496 e. The number of aryl methyl sites for hydroxylation is 1. The first-order valence-corrected chi connectivity index (χ1v) is 5.04. The zero-order valence-electron chi connectivity index (χ0n) is 9.64. The summed E-state index contributed by atoms with van der Waals surface area (Å²) in [4.78, 5) is 8.56. The first kappa shape index (κ1) is 11.6. The van der Waals surface area contributed by atoms with Gasteiger partial charge in [0.05, 0.1) is 7.11 Å². The Morgan fingerprint density at radius 3 is 2.88 bits per heavy atom. The summed E-state index contributed by atoms with van der Waals surface area (Å²) >= 11 is 0. The molecule has 0 radical (unpaired) electrons. The molecule has 0 aliphatic rings. The number of hydrogen-bond acceptors (Lipinski definition) is 6. The molecule has 0 saturated carbocycles. The molecular weight excluding hydrogens is 222 g/mol. The van der Waals surface area contributed by atoms with Gasteiger partial charge in [0.2, 0.25) is 5.82 Å². The zero-order chi connectivity index (χ0) is 12.3. The normalized spacial score (nSPS) is 10.5. The van der Waals surface area contributed by atoms with Gasteiger partial charge in [-0.15, -0.1) is 0 Å². The average molecular weight is 235 g/mol. The smallest absolute Gasteiger partial charge is 0.255 e. The maximum atomic E-state index is 5.18. The van der Waals surface area contributed by atoms with Crippen molar-refractivity contribution >= 4 is 0 Å². The van der Waals surface area contributed by atoms with Crippen molar-refractivity contribution in [3.63, 3.8) is 0 Å². The molecule has 6 heteroatoms. The summed E-state index contributed by atoms with van der Waals surface area (Å²) in [6, 6.07) is 5.65. The Kier molecular flexibility index (Phi) is 3.36. The Hall–Kier alpha value is -1.92. The fourth-order valence-electron chi connectivity index (χ4n) is 1.52. The van der Waals surface area contributed by atoms with Crippen molar-refractivity contribution in [2.75, 3.05) is 7.11 Å². The van der Waals surface area contributed by atoms with Gasteiger partial charge in [-0.25, -0.2) is 5.90 Å². The van der Waals surface area contributed by atoms with Crippen molar-refractivity contribution in [2.45, 2.75) is 13.5 Å². The molecule has 2 N–H and O–H groups in total. The highest BCUT2D eigenvalue weighted by atomic mass is 16.6. The molecule has 0 unspecified atom stereocenters. The fourth-order valence-corrected chi connectivity index (χ4v) is 1.52. The van der Waals surface area contributed by atoms with Crippen LogP contribution in [0.25, 0.3) is 11.4 Å². The van der Waals surface area contributed by atoms with E-state index in [1.807, 2.05) is 25.1 Å². The van der Waals surface area contributed by atoms with Crippen molar-refractivity contribution in [1.29, 1.82) is 0 Å². The second-order valence-corrected chi connectivity index (χ2v) is 3.51. The highest BCUT2D eigenvalue weighted by Crippen LogP contribution is 2.24. The van der Waals surface area contributed by atoms with Crippen LogP contribution in [0.4, 0.5) is 0 Å². The van der Waals surface area contributed by atoms with E-state index in [2.05, 4.69) is 15.0 Å². The van der Waals surface area contributed by atoms with Crippen LogP contribution in [0.5, 0.6) is 5.75 Å². The topological polar surface area (TPSA) is 83.4 Å². The number of aromatic nitrogens is 2. The van der Waals surface area contributed by atoms with Gasteiger partial charge in [-0.1, -0.05) is 5.16 Å². The molecule has 2 aromatic rings. The van der Waals surface area contributed by atoms with E-state index in [-0.39, 0.29) is 6.61 Å². The standard InChI is InChI=1S/C11H13N3O3/c1-7-5-8(3-4-9(7)15-2)11-13-10(6-16-12)17-14-11/h3-5H,6,12H2,1-2H3. The predicted octanol–water partition coefficient (Wildman–Crippen LogP) is 1.44. The van der Waals surface area contributed by atoms with Gasteiger partial charge in [0.25, 0.3) is 5.89 Å². The molecule has 0 aliphatic carbocycles. The summed E-state index contributed by atoms with van der Waals surface area (Å²) in [6.45, 7) is 2.05. The quantitative estimate of drug-likeness (QED) is 0.807. The summed E-state index contributed by atoms with van der Waals surface area (Å²) in [6.07, 6.45) is 0. The Bertz CT molecular complexity index is 510. The second-order valence-electron chi connectivity index (χ2n) is 3.51. The van der Waals surface area contributed by atoms with Crippen molar-refractivity contribution in [2.24, 2.45) is 5.90 Å². The van der Waals surface area contributed by atoms with Crippen LogP contribution in [-0.2, 0) is 11.4 Å². The van der Waals surface area contributed by atoms with Crippen LogP contribution in [0.15, 0.2) is 22.7 Å². The van der Waals surface area contributed by atoms with Crippen molar-refractivity contribution in [1.82, 2.24) is 10.1 Å². The van der Waals surface area contributed by atoms with Crippen LogP contribution < -0.4 is 10.6 Å². The molecule has 0 spiro atoms. The maximum absolute atomic E-state index is 5.18. The van der Waals surface area contributed by atoms with Gasteiger partial charge in [-0.2, -0.15) is 4.98 Å². The van der Waals surface area contributed by atoms with Crippen LogP contribution in [0, 0.1) is 6.92 Å². The minimum absolute atomic E-state index is 0.0993. The van der Waals surface area contributed by atoms with Crippen LogP contribution in [-0.4, -0.2) is 17.3 Å². The lowest BCUT2D eigenvalue weighted by molar-refractivity contribution is 0.0996. The number of ether oxygens (including phenoxy) is 1. The van der Waals surface area contributed by atoms with Gasteiger partial charge in [0.15, 0.2) is 0 Å². The van der Waals surface area contributed by atoms with Crippen molar-refractivity contribution in [3.8, 4) is 17.1 Å². The van der Waals surface area contributed by atoms with Gasteiger partial charge in [-0.3, -0.25) is 4.84 Å². The summed E-state index contributed by atoms with van der Waals surface area (Å²) in [7, 11) is 1.63. The fraction of sp³-hybridized carbons (Fsp3) is 0.273. The molecule has 1 aromatic carbocycles. The molecule has 2 rings (SSSR count). The van der Waals surface area contributed by atoms with Crippen LogP contribution >= 0.6 is 0 Å². The minimum atomic E-state index is 0.0993. The predicted molar refractivity (Wildman–Crippen MR) is 60.0 cm³/mol. The van der Waals surface area contributed by atoms with E-state index in [1.165, 1.54) is 0 Å². The second kappa shape index (κ2) is 4.94. The number of nitrogens with zero attached hydrogens (tertiary/aromatic N) is 2. The van der Waals surface area contributed by atoms with E-state index in [1.54, 1.807) is 7.11 Å². The molecule has 0 amide bonds. The van der Waals surface area contributed by atoms with Gasteiger partial charge < -0.3 is 9.26 Å². The van der Waals surface area contributed by atoms with Gasteiger partial charge in [0.1, 0.15) is 12.4 Å². The lowest BCUT2D eigenvalue weighted by Gasteiger charge is -2.04. The SMILES string of the molecule is COc1ccc(-c2noc(CON)n2)cc1C. The third-order valence-electron chi connectivity index (χ3n) is 2.33. The average Bonchev–Trinajstić information content (AvgIpc) is 2.78. The lowest BCUT2D eigenvalue weighted by Crippen LogP contribution is -1.98. The Morgan fingerprint density at radius 2 is 2.24 bits per heavy atom. The van der Waals surface area contributed by atoms with Crippen LogP contribution in [0.1, 0.15) is 11.5 Å². The highest BCUT2D eigenvalue weighted by molar-refractivity contribution is 5.58. The molecule has 0 aliphatic heterocycles. The molecule has 0 atom stereocenters. The Balaban J connectivity index is 2.29. The summed E-state index contributed by atoms with van der Waals surface area (Å²) < 4.78 is 10.1. The number of rotatable bonds is 4. The van der Waals surface area contributed by atoms with E-state index in [9.17, 15) is 0 Å². The summed E-state index contributed by atoms with van der Waals surface area (Å²) in [5, 5.41) is 3.84. The number of nitrogens with two attached hydrogens (primary N) is 1. The minimum Gasteiger partial charge on any atom is -0.496 e. The van der Waals surface area contributed by atoms with Crippen molar-refractivity contribution in [3.05, 3.63) is 29.7 Å². The lowest BCUT2D eigenvalue weighted by atomic mass is 10.1. The maximum Gasteiger partial charge on any atom is 0.255 e. The van der Waals surface area contributed by atoms with E-state index in [4.69, 9.17) is 15.2 Å². The molecule has 0 fully saturated rings. The molecule has 1 heterocycles. The number of methoxy groups -OCH3 is 1. The molecule has 17 heavy (non-hydrogen) atoms. The zero-order valence-corrected chi connectivity index (χ0v) is 9.64. The van der Waals surface area contributed by atoms with Gasteiger partial charge in [-0.05, 0) is 30.7 Å². The highest BCUT2D eigenvalue weighted by Gasteiger charge is 2.09. The summed E-state index contributed by atoms with van der Waals surface area (Å²) in [5.41, 5.74) is 1.86. The molecule has 90 valence electrons. The molecular formula is C11H13N3O3. The molecule has 6 nitrogen and oxygen atoms in total. The van der Waals surface area contributed by atoms with E-state index < -0.39 is 0 Å². The third-order valence-corrected chi connectivity index (χ3v) is 2.33. The Morgan fingerprint density at radius 1 is 1.41 bits per heavy atom. The first-order chi connectivity index (χ1) is 8.24. The van der Waals surface area contributed by atoms with E-state index in [0.29, 0.717) is 11.7 Å². The number of hydrogen-bond donors (Lipinski definition) is 1. The van der Waals surface area contributed by atoms with Gasteiger partial charge >= 0.3 is 0 Å². The number of benzene rings is 1. The van der Waals surface area contributed by atoms with Crippen LogP contribution in [0.3, 0.4) is 0 Å². The molecule has 0 bridgehead atoms. The monoisotopic (exact) mass is 235 g/mol.